The highest BCUT2D eigenvalue weighted by Crippen LogP contribution is 2.25. The van der Waals surface area contributed by atoms with E-state index in [1.165, 1.54) is 13.2 Å². The molecule has 7 heteroatoms. The molecule has 0 bridgehead atoms. The van der Waals surface area contributed by atoms with Crippen molar-refractivity contribution in [3.63, 3.8) is 0 Å². The standard InChI is InChI=1S/C13H14FN3O3/c1-18-8-2-3-9(10(14)6-8)12-16-13(20-17-12)11-7-19-5-4-15-11/h2-3,6,11,15H,4-5,7H2,1H3. The molecule has 1 unspecified atom stereocenters. The van der Waals surface area contributed by atoms with Crippen LogP contribution in [0.3, 0.4) is 0 Å². The van der Waals surface area contributed by atoms with Crippen LogP contribution in [0.2, 0.25) is 0 Å². The molecule has 0 spiro atoms. The maximum Gasteiger partial charge on any atom is 0.246 e. The number of benzene rings is 1. The molecule has 1 fully saturated rings. The lowest BCUT2D eigenvalue weighted by molar-refractivity contribution is 0.0659. The smallest absolute Gasteiger partial charge is 0.246 e. The van der Waals surface area contributed by atoms with E-state index in [2.05, 4.69) is 15.5 Å². The third-order valence-corrected chi connectivity index (χ3v) is 3.08. The minimum absolute atomic E-state index is 0.147. The van der Waals surface area contributed by atoms with Gasteiger partial charge in [0.25, 0.3) is 0 Å². The zero-order chi connectivity index (χ0) is 13.9. The second-order valence-electron chi connectivity index (χ2n) is 4.38. The van der Waals surface area contributed by atoms with E-state index in [1.807, 2.05) is 0 Å². The van der Waals surface area contributed by atoms with Crippen LogP contribution in [0.4, 0.5) is 4.39 Å². The SMILES string of the molecule is COc1ccc(-c2noc(C3COCCN3)n2)c(F)c1. The molecule has 1 aromatic carbocycles. The second kappa shape index (κ2) is 5.56. The first-order chi connectivity index (χ1) is 9.78. The summed E-state index contributed by atoms with van der Waals surface area (Å²) < 4.78 is 29.4. The van der Waals surface area contributed by atoms with Crippen molar-refractivity contribution in [2.45, 2.75) is 6.04 Å². The quantitative estimate of drug-likeness (QED) is 0.919. The number of ether oxygens (including phenoxy) is 2. The molecule has 0 radical (unpaired) electrons. The van der Waals surface area contributed by atoms with Crippen molar-refractivity contribution in [1.29, 1.82) is 0 Å². The molecule has 0 amide bonds. The number of methoxy groups -OCH3 is 1. The molecule has 0 aliphatic carbocycles. The summed E-state index contributed by atoms with van der Waals surface area (Å²) in [5.41, 5.74) is 0.275. The van der Waals surface area contributed by atoms with Gasteiger partial charge in [0.2, 0.25) is 11.7 Å². The van der Waals surface area contributed by atoms with E-state index in [4.69, 9.17) is 14.0 Å². The number of nitrogens with zero attached hydrogens (tertiary/aromatic N) is 2. The van der Waals surface area contributed by atoms with Crippen LogP contribution in [0, 0.1) is 5.82 Å². The van der Waals surface area contributed by atoms with Crippen molar-refractivity contribution in [3.8, 4) is 17.1 Å². The van der Waals surface area contributed by atoms with E-state index in [1.54, 1.807) is 12.1 Å². The minimum atomic E-state index is -0.454. The number of halogens is 1. The van der Waals surface area contributed by atoms with E-state index in [0.717, 1.165) is 6.54 Å². The predicted molar refractivity (Wildman–Crippen MR) is 67.8 cm³/mol. The number of hydrogen-bond donors (Lipinski definition) is 1. The Bertz CT molecular complexity index is 596. The van der Waals surface area contributed by atoms with E-state index < -0.39 is 5.82 Å². The highest BCUT2D eigenvalue weighted by atomic mass is 19.1. The van der Waals surface area contributed by atoms with E-state index in [-0.39, 0.29) is 17.4 Å². The van der Waals surface area contributed by atoms with Gasteiger partial charge in [0.1, 0.15) is 17.6 Å². The van der Waals surface area contributed by atoms with Crippen LogP contribution in [-0.2, 0) is 4.74 Å². The summed E-state index contributed by atoms with van der Waals surface area (Å²) in [6, 6.07) is 4.35. The summed E-state index contributed by atoms with van der Waals surface area (Å²) in [5, 5.41) is 7.01. The Labute approximate surface area is 114 Å². The van der Waals surface area contributed by atoms with Crippen LogP contribution in [0.1, 0.15) is 11.9 Å². The summed E-state index contributed by atoms with van der Waals surface area (Å²) in [6.07, 6.45) is 0. The number of rotatable bonds is 3. The first-order valence-corrected chi connectivity index (χ1v) is 6.26. The van der Waals surface area contributed by atoms with Crippen molar-refractivity contribution >= 4 is 0 Å². The molecule has 0 saturated carbocycles. The molecule has 1 saturated heterocycles. The summed E-state index contributed by atoms with van der Waals surface area (Å²) in [4.78, 5) is 4.22. The lowest BCUT2D eigenvalue weighted by Gasteiger charge is -2.20. The Morgan fingerprint density at radius 1 is 1.45 bits per heavy atom. The van der Waals surface area contributed by atoms with Crippen molar-refractivity contribution in [2.75, 3.05) is 26.9 Å². The molecule has 1 aliphatic rings. The maximum absolute atomic E-state index is 13.9. The number of hydrogen-bond acceptors (Lipinski definition) is 6. The number of morpholine rings is 1. The molecule has 6 nitrogen and oxygen atoms in total. The van der Waals surface area contributed by atoms with Gasteiger partial charge in [-0.1, -0.05) is 5.16 Å². The highest BCUT2D eigenvalue weighted by Gasteiger charge is 2.22. The van der Waals surface area contributed by atoms with Crippen molar-refractivity contribution < 1.29 is 18.4 Å². The molecule has 2 aromatic rings. The van der Waals surface area contributed by atoms with E-state index >= 15 is 0 Å². The van der Waals surface area contributed by atoms with Crippen molar-refractivity contribution in [3.05, 3.63) is 29.9 Å². The fourth-order valence-corrected chi connectivity index (χ4v) is 2.01. The third kappa shape index (κ3) is 2.50. The number of aromatic nitrogens is 2. The van der Waals surface area contributed by atoms with E-state index in [9.17, 15) is 4.39 Å². The first-order valence-electron chi connectivity index (χ1n) is 6.26. The third-order valence-electron chi connectivity index (χ3n) is 3.08. The topological polar surface area (TPSA) is 69.4 Å². The van der Waals surface area contributed by atoms with Crippen LogP contribution in [0.25, 0.3) is 11.4 Å². The molecule has 3 rings (SSSR count). The van der Waals surface area contributed by atoms with Gasteiger partial charge in [0, 0.05) is 12.6 Å². The molecule has 2 heterocycles. The maximum atomic E-state index is 13.9. The highest BCUT2D eigenvalue weighted by molar-refractivity contribution is 5.56. The Kier molecular flexibility index (Phi) is 3.62. The minimum Gasteiger partial charge on any atom is -0.497 e. The van der Waals surface area contributed by atoms with Crippen LogP contribution >= 0.6 is 0 Å². The molecule has 106 valence electrons. The summed E-state index contributed by atoms with van der Waals surface area (Å²) in [5.74, 6) is 0.601. The second-order valence-corrected chi connectivity index (χ2v) is 4.38. The van der Waals surface area contributed by atoms with Gasteiger partial charge in [-0.3, -0.25) is 0 Å². The molecule has 1 aliphatic heterocycles. The Morgan fingerprint density at radius 2 is 2.35 bits per heavy atom. The Morgan fingerprint density at radius 3 is 3.05 bits per heavy atom. The lowest BCUT2D eigenvalue weighted by Crippen LogP contribution is -2.34. The van der Waals surface area contributed by atoms with Crippen LogP contribution in [0.5, 0.6) is 5.75 Å². The fourth-order valence-electron chi connectivity index (χ4n) is 2.01. The lowest BCUT2D eigenvalue weighted by atomic mass is 10.2. The van der Waals surface area contributed by atoms with Crippen LogP contribution < -0.4 is 10.1 Å². The predicted octanol–water partition coefficient (Wildman–Crippen LogP) is 1.55. The summed E-state index contributed by atoms with van der Waals surface area (Å²) >= 11 is 0. The average molecular weight is 279 g/mol. The first kappa shape index (κ1) is 13.0. The van der Waals surface area contributed by atoms with Crippen LogP contribution in [-0.4, -0.2) is 37.0 Å². The fraction of sp³-hybridized carbons (Fsp3) is 0.385. The molecule has 1 N–H and O–H groups in total. The van der Waals surface area contributed by atoms with E-state index in [0.29, 0.717) is 24.9 Å². The van der Waals surface area contributed by atoms with Gasteiger partial charge in [0.05, 0.1) is 25.9 Å². The van der Waals surface area contributed by atoms with Gasteiger partial charge in [-0.05, 0) is 12.1 Å². The normalized spacial score (nSPS) is 19.0. The number of nitrogens with one attached hydrogen (secondary N) is 1. The van der Waals surface area contributed by atoms with Gasteiger partial charge in [-0.25, -0.2) is 4.39 Å². The van der Waals surface area contributed by atoms with Gasteiger partial charge in [-0.15, -0.1) is 0 Å². The Balaban J connectivity index is 1.85. The van der Waals surface area contributed by atoms with Gasteiger partial charge in [0.15, 0.2) is 0 Å². The monoisotopic (exact) mass is 279 g/mol. The molecule has 1 atom stereocenters. The van der Waals surface area contributed by atoms with Crippen molar-refractivity contribution in [1.82, 2.24) is 15.5 Å². The van der Waals surface area contributed by atoms with Gasteiger partial charge < -0.3 is 19.3 Å². The zero-order valence-corrected chi connectivity index (χ0v) is 10.9. The molecule has 20 heavy (non-hydrogen) atoms. The van der Waals surface area contributed by atoms with Gasteiger partial charge >= 0.3 is 0 Å². The Hall–Kier alpha value is -1.99. The molecular weight excluding hydrogens is 265 g/mol. The zero-order valence-electron chi connectivity index (χ0n) is 10.9. The van der Waals surface area contributed by atoms with Crippen LogP contribution in [0.15, 0.2) is 22.7 Å². The summed E-state index contributed by atoms with van der Waals surface area (Å²) in [6.45, 7) is 1.84. The van der Waals surface area contributed by atoms with Crippen molar-refractivity contribution in [2.24, 2.45) is 0 Å². The molecule has 1 aromatic heterocycles. The average Bonchev–Trinajstić information content (AvgIpc) is 2.97. The summed E-state index contributed by atoms with van der Waals surface area (Å²) in [7, 11) is 1.48. The largest absolute Gasteiger partial charge is 0.497 e. The van der Waals surface area contributed by atoms with Gasteiger partial charge in [-0.2, -0.15) is 4.98 Å². The molecular formula is C13H14FN3O3.